The number of nitrogens with one attached hydrogen (secondary N) is 1. The Morgan fingerprint density at radius 1 is 1.35 bits per heavy atom. The summed E-state index contributed by atoms with van der Waals surface area (Å²) in [7, 11) is 0. The lowest BCUT2D eigenvalue weighted by molar-refractivity contribution is -0.149. The Morgan fingerprint density at radius 3 is 2.91 bits per heavy atom. The van der Waals surface area contributed by atoms with E-state index >= 15 is 0 Å². The smallest absolute Gasteiger partial charge is 0.307 e. The van der Waals surface area contributed by atoms with E-state index in [0.29, 0.717) is 6.54 Å². The van der Waals surface area contributed by atoms with Crippen LogP contribution in [-0.4, -0.2) is 22.5 Å². The molecule has 1 aliphatic heterocycles. The first-order valence-electron chi connectivity index (χ1n) is 8.00. The molecule has 1 aromatic carbocycles. The van der Waals surface area contributed by atoms with Gasteiger partial charge in [0.15, 0.2) is 0 Å². The molecular weight excluding hydrogens is 312 g/mol. The highest BCUT2D eigenvalue weighted by Gasteiger charge is 2.53. The van der Waals surface area contributed by atoms with Gasteiger partial charge in [-0.25, -0.2) is 4.98 Å². The average molecular weight is 330 g/mol. The number of thiazole rings is 1. The predicted octanol–water partition coefficient (Wildman–Crippen LogP) is 2.79. The van der Waals surface area contributed by atoms with E-state index in [0.717, 1.165) is 40.9 Å². The minimum absolute atomic E-state index is 0.0861. The van der Waals surface area contributed by atoms with Gasteiger partial charge >= 0.3 is 5.97 Å². The normalized spacial score (nSPS) is 22.6. The number of carbonyl (C=O) groups excluding carboxylic acids is 2. The standard InChI is InChI=1S/C17H18N2O3S/c20-15-9-11(17(22-15)7-3-4-8-17)16(21)18-10-14-19-12-5-1-2-6-13(12)23-14/h1-2,5-6,11H,3-4,7-10H2,(H,18,21). The lowest BCUT2D eigenvalue weighted by Gasteiger charge is -2.27. The summed E-state index contributed by atoms with van der Waals surface area (Å²) in [5.41, 5.74) is 0.405. The number of para-hydroxylation sites is 1. The lowest BCUT2D eigenvalue weighted by atomic mass is 9.85. The van der Waals surface area contributed by atoms with Crippen LogP contribution in [-0.2, 0) is 20.9 Å². The molecule has 5 nitrogen and oxygen atoms in total. The molecule has 0 radical (unpaired) electrons. The fourth-order valence-electron chi connectivity index (χ4n) is 3.73. The van der Waals surface area contributed by atoms with Gasteiger partial charge in [-0.1, -0.05) is 12.1 Å². The van der Waals surface area contributed by atoms with Gasteiger partial charge in [0.2, 0.25) is 5.91 Å². The lowest BCUT2D eigenvalue weighted by Crippen LogP contribution is -2.42. The number of carbonyl (C=O) groups is 2. The Labute approximate surface area is 138 Å². The maximum absolute atomic E-state index is 12.6. The Kier molecular flexibility index (Phi) is 3.56. The van der Waals surface area contributed by atoms with Gasteiger partial charge in [0.25, 0.3) is 0 Å². The molecule has 1 atom stereocenters. The Balaban J connectivity index is 1.46. The van der Waals surface area contributed by atoms with Crippen molar-refractivity contribution in [2.45, 2.75) is 44.2 Å². The van der Waals surface area contributed by atoms with E-state index in [1.807, 2.05) is 24.3 Å². The molecule has 0 bridgehead atoms. The van der Waals surface area contributed by atoms with Crippen LogP contribution in [0.1, 0.15) is 37.1 Å². The number of fused-ring (bicyclic) bond motifs is 1. The molecule has 1 N–H and O–H groups in total. The summed E-state index contributed by atoms with van der Waals surface area (Å²) in [4.78, 5) is 28.8. The third-order valence-corrected chi connectivity index (χ3v) is 5.88. The van der Waals surface area contributed by atoms with Crippen LogP contribution in [0.5, 0.6) is 0 Å². The zero-order valence-corrected chi connectivity index (χ0v) is 13.5. The van der Waals surface area contributed by atoms with Crippen LogP contribution in [0.15, 0.2) is 24.3 Å². The molecule has 120 valence electrons. The molecule has 1 aromatic heterocycles. The molecule has 2 aliphatic rings. The van der Waals surface area contributed by atoms with Gasteiger partial charge in [0.05, 0.1) is 29.1 Å². The van der Waals surface area contributed by atoms with Gasteiger partial charge in [-0.3, -0.25) is 9.59 Å². The molecular formula is C17H18N2O3S. The van der Waals surface area contributed by atoms with Crippen LogP contribution in [0, 0.1) is 5.92 Å². The summed E-state index contributed by atoms with van der Waals surface area (Å²) >= 11 is 1.58. The molecule has 1 saturated carbocycles. The molecule has 1 spiro atoms. The summed E-state index contributed by atoms with van der Waals surface area (Å²) in [6, 6.07) is 7.92. The number of aromatic nitrogens is 1. The average Bonchev–Trinajstić information content (AvgIpc) is 3.24. The minimum Gasteiger partial charge on any atom is -0.458 e. The van der Waals surface area contributed by atoms with Crippen molar-refractivity contribution in [3.63, 3.8) is 0 Å². The topological polar surface area (TPSA) is 68.3 Å². The fourth-order valence-corrected chi connectivity index (χ4v) is 4.64. The number of benzene rings is 1. The maximum Gasteiger partial charge on any atom is 0.307 e. The highest BCUT2D eigenvalue weighted by molar-refractivity contribution is 7.18. The van der Waals surface area contributed by atoms with Crippen molar-refractivity contribution in [1.82, 2.24) is 10.3 Å². The quantitative estimate of drug-likeness (QED) is 0.879. The van der Waals surface area contributed by atoms with Crippen molar-refractivity contribution in [3.05, 3.63) is 29.3 Å². The zero-order chi connectivity index (χ0) is 15.9. The van der Waals surface area contributed by atoms with Gasteiger partial charge in [-0.15, -0.1) is 11.3 Å². The van der Waals surface area contributed by atoms with Crippen molar-refractivity contribution in [1.29, 1.82) is 0 Å². The number of amides is 1. The summed E-state index contributed by atoms with van der Waals surface area (Å²) in [5.74, 6) is -0.684. The molecule has 2 aromatic rings. The molecule has 4 rings (SSSR count). The SMILES string of the molecule is O=C1CC(C(=O)NCc2nc3ccccc3s2)C2(CCCC2)O1. The van der Waals surface area contributed by atoms with Crippen LogP contribution in [0.25, 0.3) is 10.2 Å². The van der Waals surface area contributed by atoms with Gasteiger partial charge < -0.3 is 10.1 Å². The Hall–Kier alpha value is -1.95. The largest absolute Gasteiger partial charge is 0.458 e. The van der Waals surface area contributed by atoms with Gasteiger partial charge in [0.1, 0.15) is 10.6 Å². The highest BCUT2D eigenvalue weighted by atomic mass is 32.1. The van der Waals surface area contributed by atoms with E-state index in [-0.39, 0.29) is 24.2 Å². The van der Waals surface area contributed by atoms with Crippen LogP contribution >= 0.6 is 11.3 Å². The highest BCUT2D eigenvalue weighted by Crippen LogP contribution is 2.45. The molecule has 1 saturated heterocycles. The molecule has 1 unspecified atom stereocenters. The van der Waals surface area contributed by atoms with Crippen molar-refractivity contribution < 1.29 is 14.3 Å². The van der Waals surface area contributed by atoms with E-state index in [9.17, 15) is 9.59 Å². The first-order chi connectivity index (χ1) is 11.2. The van der Waals surface area contributed by atoms with Crippen molar-refractivity contribution >= 4 is 33.4 Å². The number of esters is 1. The molecule has 2 heterocycles. The second-order valence-corrected chi connectivity index (χ2v) is 7.41. The third kappa shape index (κ3) is 2.61. The predicted molar refractivity (Wildman–Crippen MR) is 86.9 cm³/mol. The van der Waals surface area contributed by atoms with E-state index in [4.69, 9.17) is 4.74 Å². The molecule has 23 heavy (non-hydrogen) atoms. The zero-order valence-electron chi connectivity index (χ0n) is 12.7. The second kappa shape index (κ2) is 5.60. The summed E-state index contributed by atoms with van der Waals surface area (Å²) in [6.07, 6.45) is 3.85. The number of ether oxygens (including phenoxy) is 1. The Bertz CT molecular complexity index is 731. The van der Waals surface area contributed by atoms with E-state index in [1.54, 1.807) is 11.3 Å². The van der Waals surface area contributed by atoms with Crippen molar-refractivity contribution in [2.75, 3.05) is 0 Å². The molecule has 2 fully saturated rings. The number of hydrogen-bond acceptors (Lipinski definition) is 5. The maximum atomic E-state index is 12.6. The molecule has 1 aliphatic carbocycles. The van der Waals surface area contributed by atoms with Crippen molar-refractivity contribution in [2.24, 2.45) is 5.92 Å². The van der Waals surface area contributed by atoms with Crippen LogP contribution in [0.2, 0.25) is 0 Å². The monoisotopic (exact) mass is 330 g/mol. The molecule has 6 heteroatoms. The number of nitrogens with zero attached hydrogens (tertiary/aromatic N) is 1. The summed E-state index contributed by atoms with van der Waals surface area (Å²) < 4.78 is 6.65. The van der Waals surface area contributed by atoms with E-state index in [1.165, 1.54) is 0 Å². The fraction of sp³-hybridized carbons (Fsp3) is 0.471. The molecule has 1 amide bonds. The first-order valence-corrected chi connectivity index (χ1v) is 8.82. The number of rotatable bonds is 3. The minimum atomic E-state index is -0.547. The van der Waals surface area contributed by atoms with Gasteiger partial charge in [-0.05, 0) is 37.8 Å². The van der Waals surface area contributed by atoms with E-state index < -0.39 is 5.60 Å². The van der Waals surface area contributed by atoms with Crippen molar-refractivity contribution in [3.8, 4) is 0 Å². The summed E-state index contributed by atoms with van der Waals surface area (Å²) in [6.45, 7) is 0.402. The van der Waals surface area contributed by atoms with Gasteiger partial charge in [0, 0.05) is 0 Å². The second-order valence-electron chi connectivity index (χ2n) is 6.30. The number of hydrogen-bond donors (Lipinski definition) is 1. The summed E-state index contributed by atoms with van der Waals surface area (Å²) in [5, 5.41) is 3.83. The Morgan fingerprint density at radius 2 is 2.13 bits per heavy atom. The third-order valence-electron chi connectivity index (χ3n) is 4.84. The van der Waals surface area contributed by atoms with Crippen LogP contribution in [0.3, 0.4) is 0 Å². The van der Waals surface area contributed by atoms with Crippen LogP contribution < -0.4 is 5.32 Å². The van der Waals surface area contributed by atoms with Crippen LogP contribution in [0.4, 0.5) is 0 Å². The van der Waals surface area contributed by atoms with E-state index in [2.05, 4.69) is 10.3 Å². The van der Waals surface area contributed by atoms with Gasteiger partial charge in [-0.2, -0.15) is 0 Å². The first kappa shape index (κ1) is 14.6.